The second-order valence-electron chi connectivity index (χ2n) is 10.8. The number of allylic oxidation sites excluding steroid dienone is 7. The van der Waals surface area contributed by atoms with Crippen LogP contribution in [0.15, 0.2) is 111 Å². The van der Waals surface area contributed by atoms with Gasteiger partial charge in [0.15, 0.2) is 0 Å². The number of rotatable bonds is 2. The number of hydrogen-bond acceptors (Lipinski definition) is 1. The fourth-order valence-electron chi connectivity index (χ4n) is 6.78. The average molecular weight is 634 g/mol. The molecule has 0 fully saturated rings. The van der Waals surface area contributed by atoms with Gasteiger partial charge in [-0.05, 0) is 0 Å². The van der Waals surface area contributed by atoms with E-state index in [2.05, 4.69) is 125 Å². The van der Waals surface area contributed by atoms with Crippen molar-refractivity contribution in [3.05, 3.63) is 127 Å². The van der Waals surface area contributed by atoms with Crippen molar-refractivity contribution < 1.29 is 24.2 Å². The molecule has 7 rings (SSSR count). The third-order valence-electron chi connectivity index (χ3n) is 8.36. The normalized spacial score (nSPS) is 20.2. The van der Waals surface area contributed by atoms with Crippen LogP contribution in [0.1, 0.15) is 36.8 Å². The predicted molar refractivity (Wildman–Crippen MR) is 175 cm³/mol. The monoisotopic (exact) mass is 632 g/mol. The van der Waals surface area contributed by atoms with Crippen molar-refractivity contribution in [3.63, 3.8) is 0 Å². The van der Waals surface area contributed by atoms with E-state index in [1.165, 1.54) is 59.5 Å². The molecule has 0 nitrogen and oxygen atoms in total. The molecule has 2 aliphatic carbocycles. The summed E-state index contributed by atoms with van der Waals surface area (Å²) in [6.07, 6.45) is 5.04. The molecule has 0 saturated heterocycles. The molecule has 188 valence electrons. The summed E-state index contributed by atoms with van der Waals surface area (Å²) in [5.74, 6) is 0. The molecule has 1 aliphatic heterocycles. The third kappa shape index (κ3) is 3.51. The molecule has 0 radical (unpaired) electrons. The Hall–Kier alpha value is -2.23. The number of hydrogen-bond donors (Lipinski definition) is 0. The van der Waals surface area contributed by atoms with Crippen molar-refractivity contribution in [1.29, 1.82) is 0 Å². The Morgan fingerprint density at radius 1 is 0.744 bits per heavy atom. The molecule has 0 bridgehead atoms. The van der Waals surface area contributed by atoms with Crippen LogP contribution < -0.4 is 0 Å². The summed E-state index contributed by atoms with van der Waals surface area (Å²) in [4.78, 5) is 6.53. The van der Waals surface area contributed by atoms with Gasteiger partial charge in [0.25, 0.3) is 0 Å². The fraction of sp³-hybridized carbons (Fsp3) is 0.143. The van der Waals surface area contributed by atoms with Crippen molar-refractivity contribution in [2.45, 2.75) is 33.9 Å². The van der Waals surface area contributed by atoms with E-state index in [0.717, 1.165) is 0 Å². The van der Waals surface area contributed by atoms with Crippen LogP contribution >= 0.6 is 20.0 Å². The molecule has 4 heteroatoms. The minimum absolute atomic E-state index is 0.767. The standard InChI is InChI=1S/C35H30S2Si.Zr/c1-22-19-28-31(20-22)37(38(4)5,24(3)32(28)26-15-10-7-11-16-26)35-23(2)21-29-33-27(25-13-8-6-9-14-25)17-12-18-30(33)36-34(29)35;/h6-19,21H,1-5H3;/q;+2. The molecule has 39 heavy (non-hydrogen) atoms. The van der Waals surface area contributed by atoms with Gasteiger partial charge < -0.3 is 0 Å². The Kier molecular flexibility index (Phi) is 6.21. The summed E-state index contributed by atoms with van der Waals surface area (Å²) in [6, 6.07) is 29.0. The molecule has 3 aliphatic rings. The summed E-state index contributed by atoms with van der Waals surface area (Å²) >= 11 is 3.57. The molecule has 1 aromatic heterocycles. The molecule has 0 N–H and O–H groups in total. The van der Waals surface area contributed by atoms with Gasteiger partial charge in [-0.15, -0.1) is 0 Å². The van der Waals surface area contributed by atoms with E-state index in [1.807, 2.05) is 11.3 Å². The first-order valence-electron chi connectivity index (χ1n) is 13.4. The summed E-state index contributed by atoms with van der Waals surface area (Å²) in [6.45, 7) is 12.4. The quantitative estimate of drug-likeness (QED) is 0.152. The fourth-order valence-corrected chi connectivity index (χ4v) is 21.8. The predicted octanol–water partition coefficient (Wildman–Crippen LogP) is 9.94. The van der Waals surface area contributed by atoms with Crippen LogP contribution in [0.5, 0.6) is 0 Å². The number of fused-ring (bicyclic) bond motifs is 3. The van der Waals surface area contributed by atoms with E-state index in [1.54, 1.807) is 42.1 Å². The first-order valence-corrected chi connectivity index (χ1v) is 20.3. The van der Waals surface area contributed by atoms with Crippen LogP contribution in [0.25, 0.3) is 32.9 Å². The van der Waals surface area contributed by atoms with Crippen molar-refractivity contribution in [2.24, 2.45) is 0 Å². The number of thiophene rings is 1. The van der Waals surface area contributed by atoms with Gasteiger partial charge in [0.2, 0.25) is 0 Å². The molecular weight excluding hydrogens is 604 g/mol. The van der Waals surface area contributed by atoms with E-state index < -0.39 is 16.1 Å². The van der Waals surface area contributed by atoms with Gasteiger partial charge in [-0.25, -0.2) is 0 Å². The van der Waals surface area contributed by atoms with Crippen LogP contribution in [0.4, 0.5) is 0 Å². The van der Waals surface area contributed by atoms with Crippen LogP contribution in [0, 0.1) is 0 Å². The maximum absolute atomic E-state index is 2.58. The van der Waals surface area contributed by atoms with Gasteiger partial charge in [-0.3, -0.25) is 0 Å². The first kappa shape index (κ1) is 25.7. The van der Waals surface area contributed by atoms with E-state index in [4.69, 9.17) is 0 Å². The number of benzene rings is 3. The zero-order valence-electron chi connectivity index (χ0n) is 23.0. The molecular formula is C35H30S2SiZr+2. The Morgan fingerprint density at radius 2 is 1.41 bits per heavy atom. The third-order valence-corrected chi connectivity index (χ3v) is 22.0. The van der Waals surface area contributed by atoms with Crippen LogP contribution in [0.3, 0.4) is 0 Å². The molecule has 0 amide bonds. The van der Waals surface area contributed by atoms with Gasteiger partial charge in [0, 0.05) is 0 Å². The zero-order chi connectivity index (χ0) is 27.1. The Bertz CT molecular complexity index is 2020. The summed E-state index contributed by atoms with van der Waals surface area (Å²) < 4.78 is 3.01. The first-order chi connectivity index (χ1) is 18.9. The zero-order valence-corrected chi connectivity index (χ0v) is 28.1. The Labute approximate surface area is 252 Å². The molecule has 2 heterocycles. The average Bonchev–Trinajstić information content (AvgIpc) is 3.62. The van der Waals surface area contributed by atoms with Gasteiger partial charge in [0.05, 0.1) is 0 Å². The van der Waals surface area contributed by atoms with Crippen LogP contribution in [-0.4, -0.2) is 15.6 Å². The van der Waals surface area contributed by atoms with Crippen molar-refractivity contribution in [1.82, 2.24) is 0 Å². The van der Waals surface area contributed by atoms with E-state index in [-0.39, 0.29) is 0 Å². The summed E-state index contributed by atoms with van der Waals surface area (Å²) in [7, 11) is -2.09. The second kappa shape index (κ2) is 9.42. The maximum atomic E-state index is 2.58. The molecule has 1 atom stereocenters. The van der Waals surface area contributed by atoms with Gasteiger partial charge in [0.1, 0.15) is 0 Å². The molecule has 4 aromatic rings. The van der Waals surface area contributed by atoms with Gasteiger partial charge >= 0.3 is 254 Å². The minimum atomic E-state index is -1.33. The van der Waals surface area contributed by atoms with Crippen molar-refractivity contribution in [2.75, 3.05) is 0 Å². The van der Waals surface area contributed by atoms with Crippen LogP contribution in [0.2, 0.25) is 13.1 Å². The molecule has 0 saturated carbocycles. The van der Waals surface area contributed by atoms with E-state index in [0.29, 0.717) is 0 Å². The van der Waals surface area contributed by atoms with Gasteiger partial charge in [-0.1, -0.05) is 0 Å². The summed E-state index contributed by atoms with van der Waals surface area (Å²) in [5.41, 5.74) is 11.5. The van der Waals surface area contributed by atoms with E-state index in [9.17, 15) is 0 Å². The Morgan fingerprint density at radius 3 is 2.08 bits per heavy atom. The SMILES string of the molecule is CC1=CC2=C([C]1=[Zr+2])S(=C1C(C)=Cc3c1sc1cccc(-c4ccccc4)c31)(=[Si](C)C)C(C)=C2c1ccccc1. The Balaban J connectivity index is 1.65. The molecule has 3 aromatic carbocycles. The van der Waals surface area contributed by atoms with Crippen molar-refractivity contribution >= 4 is 57.3 Å². The van der Waals surface area contributed by atoms with Crippen molar-refractivity contribution in [3.8, 4) is 11.1 Å². The topological polar surface area (TPSA) is 0 Å². The molecule has 1 unspecified atom stereocenters. The second-order valence-corrected chi connectivity index (χ2v) is 21.8. The summed E-state index contributed by atoms with van der Waals surface area (Å²) in [5, 5.41) is 1.43. The molecule has 0 spiro atoms. The van der Waals surface area contributed by atoms with Crippen LogP contribution in [-0.2, 0) is 24.2 Å². The van der Waals surface area contributed by atoms with Gasteiger partial charge in [-0.2, -0.15) is 0 Å². The van der Waals surface area contributed by atoms with E-state index >= 15 is 0 Å².